The lowest BCUT2D eigenvalue weighted by molar-refractivity contribution is 0.0268. The molecule has 0 spiro atoms. The van der Waals surface area contributed by atoms with Crippen LogP contribution in [-0.4, -0.2) is 63.4 Å². The van der Waals surface area contributed by atoms with E-state index in [2.05, 4.69) is 40.4 Å². The van der Waals surface area contributed by atoms with E-state index in [1.807, 2.05) is 32.0 Å². The molecule has 2 N–H and O–H groups in total. The molecule has 26 heavy (non-hydrogen) atoms. The van der Waals surface area contributed by atoms with Crippen molar-refractivity contribution in [2.24, 2.45) is 4.99 Å². The molecule has 1 aromatic rings. The Morgan fingerprint density at radius 1 is 1.15 bits per heavy atom. The van der Waals surface area contributed by atoms with E-state index in [0.717, 1.165) is 36.9 Å². The molecule has 0 saturated heterocycles. The van der Waals surface area contributed by atoms with Crippen LogP contribution in [0.1, 0.15) is 33.3 Å². The minimum atomic E-state index is -0.247. The van der Waals surface area contributed by atoms with Crippen molar-refractivity contribution in [3.8, 4) is 5.75 Å². The molecule has 0 radical (unpaired) electrons. The van der Waals surface area contributed by atoms with E-state index in [9.17, 15) is 0 Å². The maximum atomic E-state index is 6.01. The zero-order chi connectivity index (χ0) is 19.4. The molecular formula is C20H36N4O2. The Balaban J connectivity index is 2.56. The second-order valence-electron chi connectivity index (χ2n) is 6.73. The van der Waals surface area contributed by atoms with E-state index in [0.29, 0.717) is 19.7 Å². The van der Waals surface area contributed by atoms with Gasteiger partial charge in [0, 0.05) is 39.4 Å². The predicted octanol–water partition coefficient (Wildman–Crippen LogP) is 2.50. The van der Waals surface area contributed by atoms with Crippen molar-refractivity contribution < 1.29 is 9.47 Å². The zero-order valence-electron chi connectivity index (χ0n) is 17.3. The summed E-state index contributed by atoms with van der Waals surface area (Å²) < 4.78 is 11.4. The third-order valence-corrected chi connectivity index (χ3v) is 4.44. The molecule has 6 nitrogen and oxygen atoms in total. The summed E-state index contributed by atoms with van der Waals surface area (Å²) in [7, 11) is 3.48. The van der Waals surface area contributed by atoms with Gasteiger partial charge >= 0.3 is 0 Å². The van der Waals surface area contributed by atoms with Gasteiger partial charge in [-0.1, -0.05) is 32.0 Å². The van der Waals surface area contributed by atoms with Crippen LogP contribution in [0.2, 0.25) is 0 Å². The molecule has 148 valence electrons. The van der Waals surface area contributed by atoms with Gasteiger partial charge < -0.3 is 25.0 Å². The Morgan fingerprint density at radius 2 is 1.85 bits per heavy atom. The summed E-state index contributed by atoms with van der Waals surface area (Å²) in [4.78, 5) is 6.62. The second kappa shape index (κ2) is 11.8. The molecule has 0 saturated carbocycles. The summed E-state index contributed by atoms with van der Waals surface area (Å²) in [6.45, 7) is 13.4. The molecule has 0 amide bonds. The fourth-order valence-electron chi connectivity index (χ4n) is 2.38. The molecular weight excluding hydrogens is 328 g/mol. The van der Waals surface area contributed by atoms with Gasteiger partial charge in [0.05, 0.1) is 5.60 Å². The minimum absolute atomic E-state index is 0.247. The monoisotopic (exact) mass is 364 g/mol. The fourth-order valence-corrected chi connectivity index (χ4v) is 2.38. The van der Waals surface area contributed by atoms with E-state index < -0.39 is 0 Å². The Bertz CT molecular complexity index is 542. The van der Waals surface area contributed by atoms with Gasteiger partial charge in [-0.2, -0.15) is 0 Å². The lowest BCUT2D eigenvalue weighted by Crippen LogP contribution is -2.45. The van der Waals surface area contributed by atoms with Crippen molar-refractivity contribution in [2.45, 2.75) is 39.8 Å². The van der Waals surface area contributed by atoms with Crippen LogP contribution in [0, 0.1) is 0 Å². The van der Waals surface area contributed by atoms with Gasteiger partial charge in [0.1, 0.15) is 12.4 Å². The van der Waals surface area contributed by atoms with Gasteiger partial charge in [0.25, 0.3) is 0 Å². The van der Waals surface area contributed by atoms with Crippen LogP contribution in [0.25, 0.3) is 0 Å². The summed E-state index contributed by atoms with van der Waals surface area (Å²) in [6.07, 6.45) is 0. The number of methoxy groups -OCH3 is 1. The van der Waals surface area contributed by atoms with Crippen molar-refractivity contribution in [1.29, 1.82) is 0 Å². The van der Waals surface area contributed by atoms with Gasteiger partial charge in [0.2, 0.25) is 0 Å². The van der Waals surface area contributed by atoms with Crippen LogP contribution in [0.3, 0.4) is 0 Å². The standard InChI is InChI=1S/C20H36N4O2/c1-7-24(8-2)13-14-26-18-12-10-9-11-17(18)15-22-19(21-5)23-16-20(3,4)25-6/h9-12H,7-8,13-16H2,1-6H3,(H2,21,22,23). The van der Waals surface area contributed by atoms with Crippen LogP contribution in [-0.2, 0) is 11.3 Å². The van der Waals surface area contributed by atoms with Crippen molar-refractivity contribution in [3.05, 3.63) is 29.8 Å². The topological polar surface area (TPSA) is 58.1 Å². The molecule has 1 aromatic carbocycles. The number of benzene rings is 1. The first-order chi connectivity index (χ1) is 12.5. The van der Waals surface area contributed by atoms with Gasteiger partial charge in [0.15, 0.2) is 5.96 Å². The third-order valence-electron chi connectivity index (χ3n) is 4.44. The van der Waals surface area contributed by atoms with Crippen LogP contribution >= 0.6 is 0 Å². The largest absolute Gasteiger partial charge is 0.492 e. The first-order valence-electron chi connectivity index (χ1n) is 9.38. The molecule has 6 heteroatoms. The smallest absolute Gasteiger partial charge is 0.191 e. The molecule has 0 atom stereocenters. The average molecular weight is 365 g/mol. The maximum absolute atomic E-state index is 6.01. The Morgan fingerprint density at radius 3 is 2.46 bits per heavy atom. The number of para-hydroxylation sites is 1. The first-order valence-corrected chi connectivity index (χ1v) is 9.38. The summed E-state index contributed by atoms with van der Waals surface area (Å²) in [5.74, 6) is 1.66. The minimum Gasteiger partial charge on any atom is -0.492 e. The maximum Gasteiger partial charge on any atom is 0.191 e. The summed E-state index contributed by atoms with van der Waals surface area (Å²) in [5, 5.41) is 6.63. The van der Waals surface area contributed by atoms with Gasteiger partial charge in [-0.05, 0) is 33.0 Å². The first kappa shape index (κ1) is 22.3. The number of likely N-dealkylation sites (N-methyl/N-ethyl adjacent to an activating group) is 1. The number of hydrogen-bond acceptors (Lipinski definition) is 4. The molecule has 0 fully saturated rings. The van der Waals surface area contributed by atoms with Crippen LogP contribution in [0.4, 0.5) is 0 Å². The molecule has 1 rings (SSSR count). The highest BCUT2D eigenvalue weighted by molar-refractivity contribution is 5.79. The quantitative estimate of drug-likeness (QED) is 0.467. The molecule has 0 aliphatic carbocycles. The molecule has 0 aliphatic heterocycles. The lowest BCUT2D eigenvalue weighted by atomic mass is 10.1. The Kier molecular flexibility index (Phi) is 10.1. The van der Waals surface area contributed by atoms with Crippen LogP contribution in [0.15, 0.2) is 29.3 Å². The summed E-state index contributed by atoms with van der Waals surface area (Å²) in [5.41, 5.74) is 0.865. The van der Waals surface area contributed by atoms with Gasteiger partial charge in [-0.25, -0.2) is 0 Å². The number of hydrogen-bond donors (Lipinski definition) is 2. The highest BCUT2D eigenvalue weighted by Gasteiger charge is 2.16. The number of aliphatic imine (C=N–C) groups is 1. The third kappa shape index (κ3) is 8.06. The number of ether oxygens (including phenoxy) is 2. The average Bonchev–Trinajstić information content (AvgIpc) is 2.66. The van der Waals surface area contributed by atoms with Crippen LogP contribution in [0.5, 0.6) is 5.75 Å². The van der Waals surface area contributed by atoms with Crippen molar-refractivity contribution in [2.75, 3.05) is 46.9 Å². The van der Waals surface area contributed by atoms with Gasteiger partial charge in [-0.15, -0.1) is 0 Å². The van der Waals surface area contributed by atoms with Crippen LogP contribution < -0.4 is 15.4 Å². The van der Waals surface area contributed by atoms with E-state index in [1.165, 1.54) is 0 Å². The molecule has 0 aromatic heterocycles. The number of rotatable bonds is 11. The molecule has 0 bridgehead atoms. The second-order valence-corrected chi connectivity index (χ2v) is 6.73. The molecule has 0 unspecified atom stereocenters. The highest BCUT2D eigenvalue weighted by Crippen LogP contribution is 2.17. The highest BCUT2D eigenvalue weighted by atomic mass is 16.5. The number of nitrogens with one attached hydrogen (secondary N) is 2. The molecule has 0 heterocycles. The SMILES string of the molecule is CCN(CC)CCOc1ccccc1CNC(=NC)NCC(C)(C)OC. The Labute approximate surface area is 159 Å². The zero-order valence-corrected chi connectivity index (χ0v) is 17.3. The van der Waals surface area contributed by atoms with E-state index >= 15 is 0 Å². The summed E-state index contributed by atoms with van der Waals surface area (Å²) in [6, 6.07) is 8.12. The fraction of sp³-hybridized carbons (Fsp3) is 0.650. The van der Waals surface area contributed by atoms with Gasteiger partial charge in [-0.3, -0.25) is 4.99 Å². The molecule has 0 aliphatic rings. The Hall–Kier alpha value is -1.79. The summed E-state index contributed by atoms with van der Waals surface area (Å²) >= 11 is 0. The van der Waals surface area contributed by atoms with E-state index in [-0.39, 0.29) is 5.60 Å². The predicted molar refractivity (Wildman–Crippen MR) is 109 cm³/mol. The van der Waals surface area contributed by atoms with Crippen molar-refractivity contribution in [3.63, 3.8) is 0 Å². The normalized spacial score (nSPS) is 12.3. The van der Waals surface area contributed by atoms with E-state index in [4.69, 9.17) is 9.47 Å². The lowest BCUT2D eigenvalue weighted by Gasteiger charge is -2.24. The number of nitrogens with zero attached hydrogens (tertiary/aromatic N) is 2. The van der Waals surface area contributed by atoms with Crippen molar-refractivity contribution in [1.82, 2.24) is 15.5 Å². The van der Waals surface area contributed by atoms with E-state index in [1.54, 1.807) is 14.2 Å². The van der Waals surface area contributed by atoms with Crippen molar-refractivity contribution >= 4 is 5.96 Å². The number of guanidine groups is 1.